The van der Waals surface area contributed by atoms with E-state index in [-0.39, 0.29) is 23.9 Å². The molecule has 2 saturated heterocycles. The number of likely N-dealkylation sites (tertiary alicyclic amines) is 1. The molecule has 0 saturated carbocycles. The standard InChI is InChI=1S/C27H24N2O2/c1-2-18-28-24(19-12-6-3-7-13-19)22-23(25(28)20-14-8-4-9-15-20)27(31)29(26(22)30)21-16-10-5-11-17-21/h2-17,22-25H,1,18H2/t22?,23?,24-,25-/m1/s1. The molecule has 4 atom stereocenters. The summed E-state index contributed by atoms with van der Waals surface area (Å²) in [4.78, 5) is 31.2. The maximum absolute atomic E-state index is 13.8. The molecule has 0 bridgehead atoms. The minimum absolute atomic E-state index is 0.123. The molecule has 5 rings (SSSR count). The highest BCUT2D eigenvalue weighted by Gasteiger charge is 2.62. The molecule has 2 aliphatic rings. The second kappa shape index (κ2) is 7.97. The fraction of sp³-hybridized carbons (Fsp3) is 0.185. The van der Waals surface area contributed by atoms with Crippen LogP contribution in [0.2, 0.25) is 0 Å². The van der Waals surface area contributed by atoms with Crippen LogP contribution >= 0.6 is 0 Å². The summed E-state index contributed by atoms with van der Waals surface area (Å²) in [5, 5.41) is 0. The second-order valence-electron chi connectivity index (χ2n) is 8.10. The molecule has 2 heterocycles. The van der Waals surface area contributed by atoms with Crippen molar-refractivity contribution in [3.63, 3.8) is 0 Å². The maximum atomic E-state index is 13.8. The first-order valence-corrected chi connectivity index (χ1v) is 10.6. The number of fused-ring (bicyclic) bond motifs is 1. The molecule has 2 aliphatic heterocycles. The fourth-order valence-electron chi connectivity index (χ4n) is 5.27. The Morgan fingerprint density at radius 1 is 0.677 bits per heavy atom. The molecular formula is C27H24N2O2. The molecule has 0 aromatic heterocycles. The Kier molecular flexibility index (Phi) is 5.00. The number of anilines is 1. The van der Waals surface area contributed by atoms with E-state index in [1.807, 2.05) is 97.1 Å². The van der Waals surface area contributed by atoms with E-state index in [1.54, 1.807) is 0 Å². The average Bonchev–Trinajstić information content (AvgIpc) is 3.28. The van der Waals surface area contributed by atoms with Gasteiger partial charge in [-0.1, -0.05) is 84.9 Å². The monoisotopic (exact) mass is 408 g/mol. The van der Waals surface area contributed by atoms with Gasteiger partial charge in [0.05, 0.1) is 17.5 Å². The Balaban J connectivity index is 1.68. The summed E-state index contributed by atoms with van der Waals surface area (Å²) in [6.45, 7) is 4.55. The van der Waals surface area contributed by atoms with E-state index in [2.05, 4.69) is 11.5 Å². The van der Waals surface area contributed by atoms with Crippen molar-refractivity contribution in [2.24, 2.45) is 11.8 Å². The predicted molar refractivity (Wildman–Crippen MR) is 121 cm³/mol. The molecule has 31 heavy (non-hydrogen) atoms. The van der Waals surface area contributed by atoms with Crippen molar-refractivity contribution >= 4 is 17.5 Å². The quantitative estimate of drug-likeness (QED) is 0.451. The summed E-state index contributed by atoms with van der Waals surface area (Å²) in [7, 11) is 0. The van der Waals surface area contributed by atoms with Gasteiger partial charge in [-0.25, -0.2) is 4.90 Å². The Morgan fingerprint density at radius 2 is 1.10 bits per heavy atom. The van der Waals surface area contributed by atoms with Gasteiger partial charge in [0.25, 0.3) is 0 Å². The second-order valence-corrected chi connectivity index (χ2v) is 8.10. The van der Waals surface area contributed by atoms with Gasteiger partial charge >= 0.3 is 0 Å². The van der Waals surface area contributed by atoms with Gasteiger partial charge in [0, 0.05) is 18.6 Å². The molecule has 0 radical (unpaired) electrons. The Hall–Kier alpha value is -3.50. The minimum atomic E-state index is -0.444. The van der Waals surface area contributed by atoms with E-state index < -0.39 is 11.8 Å². The minimum Gasteiger partial charge on any atom is -0.284 e. The van der Waals surface area contributed by atoms with Gasteiger partial charge in [-0.05, 0) is 23.3 Å². The van der Waals surface area contributed by atoms with Crippen LogP contribution in [0.5, 0.6) is 0 Å². The Morgan fingerprint density at radius 3 is 1.52 bits per heavy atom. The van der Waals surface area contributed by atoms with Crippen molar-refractivity contribution < 1.29 is 9.59 Å². The van der Waals surface area contributed by atoms with Gasteiger partial charge < -0.3 is 0 Å². The van der Waals surface area contributed by atoms with Crippen molar-refractivity contribution in [3.05, 3.63) is 115 Å². The topological polar surface area (TPSA) is 40.6 Å². The van der Waals surface area contributed by atoms with E-state index >= 15 is 0 Å². The summed E-state index contributed by atoms with van der Waals surface area (Å²) >= 11 is 0. The van der Waals surface area contributed by atoms with Crippen molar-refractivity contribution in [2.75, 3.05) is 11.4 Å². The van der Waals surface area contributed by atoms with Crippen LogP contribution in [0.15, 0.2) is 104 Å². The smallest absolute Gasteiger partial charge is 0.239 e. The number of carbonyl (C=O) groups excluding carboxylic acids is 2. The molecule has 2 amide bonds. The molecule has 0 N–H and O–H groups in total. The molecule has 154 valence electrons. The van der Waals surface area contributed by atoms with Gasteiger partial charge in [0.1, 0.15) is 0 Å². The van der Waals surface area contributed by atoms with Crippen LogP contribution in [-0.4, -0.2) is 23.3 Å². The number of rotatable bonds is 5. The van der Waals surface area contributed by atoms with Crippen molar-refractivity contribution in [2.45, 2.75) is 12.1 Å². The number of amides is 2. The Bertz CT molecular complexity index is 1030. The normalized spacial score (nSPS) is 25.6. The van der Waals surface area contributed by atoms with Crippen LogP contribution in [-0.2, 0) is 9.59 Å². The lowest BCUT2D eigenvalue weighted by molar-refractivity contribution is -0.124. The number of imide groups is 1. The predicted octanol–water partition coefficient (Wildman–Crippen LogP) is 4.78. The summed E-state index contributed by atoms with van der Waals surface area (Å²) in [6.07, 6.45) is 1.86. The van der Waals surface area contributed by atoms with Gasteiger partial charge in [-0.3, -0.25) is 14.5 Å². The first-order chi connectivity index (χ1) is 15.2. The zero-order valence-electron chi connectivity index (χ0n) is 17.2. The number of nitrogens with zero attached hydrogens (tertiary/aromatic N) is 2. The number of hydrogen-bond donors (Lipinski definition) is 0. The molecule has 0 spiro atoms. The van der Waals surface area contributed by atoms with Crippen molar-refractivity contribution in [1.29, 1.82) is 0 Å². The highest BCUT2D eigenvalue weighted by Crippen LogP contribution is 2.56. The third-order valence-corrected chi connectivity index (χ3v) is 6.43. The largest absolute Gasteiger partial charge is 0.284 e. The van der Waals surface area contributed by atoms with Crippen LogP contribution in [0, 0.1) is 11.8 Å². The summed E-state index contributed by atoms with van der Waals surface area (Å²) < 4.78 is 0. The lowest BCUT2D eigenvalue weighted by atomic mass is 9.84. The highest BCUT2D eigenvalue weighted by molar-refractivity contribution is 6.22. The third-order valence-electron chi connectivity index (χ3n) is 6.43. The van der Waals surface area contributed by atoms with Crippen LogP contribution in [0.25, 0.3) is 0 Å². The van der Waals surface area contributed by atoms with Crippen LogP contribution in [0.4, 0.5) is 5.69 Å². The summed E-state index contributed by atoms with van der Waals surface area (Å²) in [5.74, 6) is -1.13. The third kappa shape index (κ3) is 3.11. The molecule has 3 aromatic rings. The van der Waals surface area contributed by atoms with Crippen molar-refractivity contribution in [3.8, 4) is 0 Å². The van der Waals surface area contributed by atoms with E-state index in [9.17, 15) is 9.59 Å². The van der Waals surface area contributed by atoms with Crippen LogP contribution < -0.4 is 4.90 Å². The lowest BCUT2D eigenvalue weighted by Crippen LogP contribution is -2.38. The molecule has 4 heteroatoms. The zero-order chi connectivity index (χ0) is 21.4. The van der Waals surface area contributed by atoms with Gasteiger partial charge in [0.15, 0.2) is 0 Å². The van der Waals surface area contributed by atoms with Crippen LogP contribution in [0.1, 0.15) is 23.2 Å². The summed E-state index contributed by atoms with van der Waals surface area (Å²) in [5.41, 5.74) is 2.74. The average molecular weight is 409 g/mol. The van der Waals surface area contributed by atoms with Crippen molar-refractivity contribution in [1.82, 2.24) is 4.90 Å². The van der Waals surface area contributed by atoms with E-state index in [1.165, 1.54) is 4.90 Å². The molecule has 3 aromatic carbocycles. The molecule has 4 nitrogen and oxygen atoms in total. The SMILES string of the molecule is C=CCN1[C@H](c2ccccc2)C2C(=O)N(c3ccccc3)C(=O)C2[C@H]1c1ccccc1. The first-order valence-electron chi connectivity index (χ1n) is 10.6. The van der Waals surface area contributed by atoms with E-state index in [4.69, 9.17) is 0 Å². The van der Waals surface area contributed by atoms with Crippen LogP contribution in [0.3, 0.4) is 0 Å². The number of hydrogen-bond acceptors (Lipinski definition) is 3. The highest BCUT2D eigenvalue weighted by atomic mass is 16.2. The Labute approximate surface area is 182 Å². The molecule has 0 aliphatic carbocycles. The van der Waals surface area contributed by atoms with E-state index in [0.717, 1.165) is 11.1 Å². The lowest BCUT2D eigenvalue weighted by Gasteiger charge is -2.33. The molecule has 2 unspecified atom stereocenters. The van der Waals surface area contributed by atoms with Gasteiger partial charge in [-0.2, -0.15) is 0 Å². The number of para-hydroxylation sites is 1. The first kappa shape index (κ1) is 19.5. The zero-order valence-corrected chi connectivity index (χ0v) is 17.2. The van der Waals surface area contributed by atoms with Gasteiger partial charge in [0.2, 0.25) is 11.8 Å². The number of carbonyl (C=O) groups is 2. The molecule has 2 fully saturated rings. The maximum Gasteiger partial charge on any atom is 0.239 e. The number of benzene rings is 3. The van der Waals surface area contributed by atoms with Gasteiger partial charge in [-0.15, -0.1) is 6.58 Å². The molecular weight excluding hydrogens is 384 g/mol. The summed E-state index contributed by atoms with van der Waals surface area (Å²) in [6, 6.07) is 29.0. The fourth-order valence-corrected chi connectivity index (χ4v) is 5.27. The van der Waals surface area contributed by atoms with E-state index in [0.29, 0.717) is 12.2 Å².